The Labute approximate surface area is 332 Å². The molecule has 4 aromatic carbocycles. The van der Waals surface area contributed by atoms with Crippen LogP contribution in [-0.4, -0.2) is 56.9 Å². The number of benzene rings is 4. The molecular formula is C41H40N10O7. The predicted octanol–water partition coefficient (Wildman–Crippen LogP) is 4.56. The molecule has 2 heterocycles. The van der Waals surface area contributed by atoms with Crippen molar-refractivity contribution in [3.05, 3.63) is 161 Å². The zero-order valence-electron chi connectivity index (χ0n) is 31.3. The maximum absolute atomic E-state index is 12.3. The van der Waals surface area contributed by atoms with E-state index in [1.807, 2.05) is 6.07 Å². The molecule has 0 saturated carbocycles. The Balaban J connectivity index is 0.000000221. The zero-order chi connectivity index (χ0) is 41.3. The molecule has 2 aromatic heterocycles. The lowest BCUT2D eigenvalue weighted by atomic mass is 10.1. The van der Waals surface area contributed by atoms with Crippen LogP contribution in [0.15, 0.2) is 128 Å². The van der Waals surface area contributed by atoms with Gasteiger partial charge in [0.25, 0.3) is 17.7 Å². The summed E-state index contributed by atoms with van der Waals surface area (Å²) in [4.78, 5) is 63.8. The number of nitrogen functional groups attached to an aromatic ring is 2. The fourth-order valence-corrected chi connectivity index (χ4v) is 4.97. The number of anilines is 4. The van der Waals surface area contributed by atoms with Crippen molar-refractivity contribution in [2.45, 2.75) is 26.2 Å². The Morgan fingerprint density at radius 3 is 1.72 bits per heavy atom. The van der Waals surface area contributed by atoms with Crippen molar-refractivity contribution in [3.63, 3.8) is 0 Å². The second-order valence-corrected chi connectivity index (χ2v) is 12.3. The molecule has 0 aliphatic heterocycles. The van der Waals surface area contributed by atoms with Crippen LogP contribution in [0.1, 0.15) is 47.9 Å². The first-order valence-electron chi connectivity index (χ1n) is 17.6. The summed E-state index contributed by atoms with van der Waals surface area (Å²) in [5.41, 5.74) is 17.2. The molecule has 0 aliphatic carbocycles. The monoisotopic (exact) mass is 784 g/mol. The molecule has 6 aromatic rings. The van der Waals surface area contributed by atoms with Crippen LogP contribution in [0.5, 0.6) is 0 Å². The van der Waals surface area contributed by atoms with Crippen molar-refractivity contribution < 1.29 is 33.4 Å². The van der Waals surface area contributed by atoms with Crippen molar-refractivity contribution in [3.8, 4) is 0 Å². The molecule has 58 heavy (non-hydrogen) atoms. The zero-order valence-corrected chi connectivity index (χ0v) is 31.3. The van der Waals surface area contributed by atoms with E-state index in [0.29, 0.717) is 40.4 Å². The number of nitrogens with two attached hydrogens (primary N) is 2. The number of rotatable bonds is 13. The van der Waals surface area contributed by atoms with Crippen molar-refractivity contribution >= 4 is 52.5 Å². The van der Waals surface area contributed by atoms with Gasteiger partial charge in [0.05, 0.1) is 36.1 Å². The molecule has 0 fully saturated rings. The fourth-order valence-electron chi connectivity index (χ4n) is 4.97. The quantitative estimate of drug-likeness (QED) is 0.0697. The number of esters is 1. The Morgan fingerprint density at radius 2 is 1.21 bits per heavy atom. The maximum Gasteiger partial charge on any atom is 0.407 e. The van der Waals surface area contributed by atoms with Crippen LogP contribution in [0.3, 0.4) is 0 Å². The molecule has 0 spiro atoms. The minimum atomic E-state index is -0.523. The van der Waals surface area contributed by atoms with Crippen LogP contribution in [0.25, 0.3) is 0 Å². The summed E-state index contributed by atoms with van der Waals surface area (Å²) >= 11 is 0. The first kappa shape index (κ1) is 41.1. The summed E-state index contributed by atoms with van der Waals surface area (Å²) in [6, 6.07) is 31.3. The van der Waals surface area contributed by atoms with E-state index >= 15 is 0 Å². The number of alkyl carbamates (subject to hydrolysis) is 1. The van der Waals surface area contributed by atoms with Crippen LogP contribution in [0.4, 0.5) is 27.5 Å². The normalized spacial score (nSPS) is 10.2. The van der Waals surface area contributed by atoms with Gasteiger partial charge in [0.15, 0.2) is 5.69 Å². The van der Waals surface area contributed by atoms with Crippen LogP contribution >= 0.6 is 0 Å². The molecule has 0 unspecified atom stereocenters. The highest BCUT2D eigenvalue weighted by molar-refractivity contribution is 6.06. The minimum absolute atomic E-state index is 0.0790. The molecule has 17 nitrogen and oxygen atoms in total. The Morgan fingerprint density at radius 1 is 0.655 bits per heavy atom. The van der Waals surface area contributed by atoms with Gasteiger partial charge in [0.2, 0.25) is 0 Å². The third-order valence-electron chi connectivity index (χ3n) is 8.12. The molecular weight excluding hydrogens is 745 g/mol. The number of amides is 4. The van der Waals surface area contributed by atoms with Gasteiger partial charge in [-0.15, -0.1) is 5.10 Å². The summed E-state index contributed by atoms with van der Waals surface area (Å²) in [7, 11) is 1.26. The van der Waals surface area contributed by atoms with E-state index in [1.165, 1.54) is 18.0 Å². The average molecular weight is 785 g/mol. The minimum Gasteiger partial charge on any atom is -0.468 e. The van der Waals surface area contributed by atoms with E-state index in [9.17, 15) is 24.0 Å². The van der Waals surface area contributed by atoms with Crippen molar-refractivity contribution in [2.75, 3.05) is 29.2 Å². The number of nitrogens with one attached hydrogen (secondary N) is 4. The number of pyridine rings is 1. The number of carbonyl (C=O) groups excluding carboxylic acids is 5. The Hall–Kier alpha value is -8.08. The van der Waals surface area contributed by atoms with Gasteiger partial charge in [0, 0.05) is 42.2 Å². The van der Waals surface area contributed by atoms with E-state index in [4.69, 9.17) is 16.2 Å². The fraction of sp³-hybridized carbons (Fsp3) is 0.122. The first-order chi connectivity index (χ1) is 28.1. The number of para-hydroxylation sites is 4. The summed E-state index contributed by atoms with van der Waals surface area (Å²) in [5.74, 6) is -1.47. The molecule has 4 amide bonds. The summed E-state index contributed by atoms with van der Waals surface area (Å²) in [5, 5.41) is 18.3. The molecule has 0 bridgehead atoms. The molecule has 6 rings (SSSR count). The van der Waals surface area contributed by atoms with Gasteiger partial charge in [-0.3, -0.25) is 24.2 Å². The number of hydrogen-bond acceptors (Lipinski definition) is 12. The Kier molecular flexibility index (Phi) is 14.6. The van der Waals surface area contributed by atoms with E-state index < -0.39 is 18.0 Å². The number of ether oxygens (including phenoxy) is 2. The third kappa shape index (κ3) is 12.5. The van der Waals surface area contributed by atoms with Gasteiger partial charge < -0.3 is 42.2 Å². The molecule has 17 heteroatoms. The van der Waals surface area contributed by atoms with Crippen molar-refractivity contribution in [2.24, 2.45) is 0 Å². The molecule has 8 N–H and O–H groups in total. The largest absolute Gasteiger partial charge is 0.468 e. The Bertz CT molecular complexity index is 2330. The van der Waals surface area contributed by atoms with E-state index in [-0.39, 0.29) is 37.2 Å². The van der Waals surface area contributed by atoms with Gasteiger partial charge >= 0.3 is 12.1 Å². The molecule has 0 saturated heterocycles. The third-order valence-corrected chi connectivity index (χ3v) is 8.12. The maximum atomic E-state index is 12.3. The molecule has 0 atom stereocenters. The molecule has 296 valence electrons. The van der Waals surface area contributed by atoms with Crippen molar-refractivity contribution in [1.82, 2.24) is 30.6 Å². The highest BCUT2D eigenvalue weighted by Crippen LogP contribution is 2.19. The van der Waals surface area contributed by atoms with Crippen molar-refractivity contribution in [1.29, 1.82) is 0 Å². The summed E-state index contributed by atoms with van der Waals surface area (Å²) < 4.78 is 10.9. The smallest absolute Gasteiger partial charge is 0.407 e. The summed E-state index contributed by atoms with van der Waals surface area (Å²) in [6.45, 7) is 0.548. The van der Waals surface area contributed by atoms with E-state index in [2.05, 4.69) is 41.3 Å². The van der Waals surface area contributed by atoms with Gasteiger partial charge in [-0.1, -0.05) is 59.8 Å². The average Bonchev–Trinajstić information content (AvgIpc) is 3.72. The number of hydrogen-bond donors (Lipinski definition) is 6. The highest BCUT2D eigenvalue weighted by atomic mass is 16.5. The number of methoxy groups -OCH3 is 1. The van der Waals surface area contributed by atoms with Gasteiger partial charge in [0.1, 0.15) is 13.2 Å². The standard InChI is InChI=1S/C21H20N4O3.C20H20N6O4/c22-18-5-1-2-6-19(18)25-20(26)17-9-7-15(8-10-17)13-24-21(27)28-14-16-4-3-11-23-12-16;1-30-18(27)12-26-11-17(24-25-26)20(29)22-10-13-6-8-14(9-7-13)19(28)23-16-5-3-2-4-15(16)21/h1-12H,13-14,22H2,(H,24,27)(H,25,26);2-9,11H,10,12,21H2,1H3,(H,22,29)(H,23,28). The lowest BCUT2D eigenvalue weighted by molar-refractivity contribution is -0.141. The second kappa shape index (κ2) is 20.6. The van der Waals surface area contributed by atoms with Gasteiger partial charge in [-0.2, -0.15) is 0 Å². The second-order valence-electron chi connectivity index (χ2n) is 12.3. The first-order valence-corrected chi connectivity index (χ1v) is 17.6. The van der Waals surface area contributed by atoms with Crippen LogP contribution in [0.2, 0.25) is 0 Å². The highest BCUT2D eigenvalue weighted by Gasteiger charge is 2.14. The van der Waals surface area contributed by atoms with Crippen LogP contribution in [-0.2, 0) is 40.5 Å². The lowest BCUT2D eigenvalue weighted by Gasteiger charge is -2.09. The van der Waals surface area contributed by atoms with Crippen LogP contribution < -0.4 is 32.7 Å². The number of carbonyl (C=O) groups is 5. The molecule has 0 radical (unpaired) electrons. The predicted molar refractivity (Wildman–Crippen MR) is 215 cm³/mol. The summed E-state index contributed by atoms with van der Waals surface area (Å²) in [6.07, 6.45) is 4.13. The number of nitrogens with zero attached hydrogens (tertiary/aromatic N) is 4. The lowest BCUT2D eigenvalue weighted by Crippen LogP contribution is -2.23. The van der Waals surface area contributed by atoms with Crippen LogP contribution in [0, 0.1) is 0 Å². The number of aromatic nitrogens is 4. The van der Waals surface area contributed by atoms with E-state index in [1.54, 1.807) is 116 Å². The van der Waals surface area contributed by atoms with Gasteiger partial charge in [-0.25, -0.2) is 9.48 Å². The molecule has 0 aliphatic rings. The SMILES string of the molecule is COC(=O)Cn1cc(C(=O)NCc2ccc(C(=O)Nc3ccccc3N)cc2)nn1.Nc1ccccc1NC(=O)c1ccc(CNC(=O)OCc2cccnc2)cc1. The van der Waals surface area contributed by atoms with Gasteiger partial charge in [-0.05, 0) is 65.7 Å². The topological polar surface area (TPSA) is 248 Å². The van der Waals surface area contributed by atoms with E-state index in [0.717, 1.165) is 16.7 Å².